The molecule has 17 heteroatoms. The zero-order chi connectivity index (χ0) is 61.1. The molecule has 82 heavy (non-hydrogen) atoms. The van der Waals surface area contributed by atoms with E-state index in [0.29, 0.717) is 76.2 Å². The molecule has 2 aliphatic heterocycles. The van der Waals surface area contributed by atoms with Crippen molar-refractivity contribution in [1.29, 1.82) is 0 Å². The number of piperidine rings is 2. The number of amides is 2. The van der Waals surface area contributed by atoms with Crippen LogP contribution in [0.5, 0.6) is 0 Å². The van der Waals surface area contributed by atoms with Gasteiger partial charge in [0, 0.05) is 34.4 Å². The molecule has 4 saturated carbocycles. The van der Waals surface area contributed by atoms with E-state index >= 15 is 0 Å². The Morgan fingerprint density at radius 3 is 1.59 bits per heavy atom. The molecular weight excluding hydrogens is 1050 g/mol. The van der Waals surface area contributed by atoms with Crippen LogP contribution < -0.4 is 0 Å². The Balaban J connectivity index is 0.000000301. The van der Waals surface area contributed by atoms with Gasteiger partial charge in [0.1, 0.15) is 35.5 Å². The van der Waals surface area contributed by atoms with Crippen molar-refractivity contribution in [3.05, 3.63) is 11.6 Å². The van der Waals surface area contributed by atoms with Crippen molar-refractivity contribution in [2.75, 3.05) is 34.4 Å². The van der Waals surface area contributed by atoms with E-state index < -0.39 is 82.8 Å². The molecule has 6 rings (SSSR count). The highest BCUT2D eigenvalue weighted by Crippen LogP contribution is 2.44. The second-order valence-electron chi connectivity index (χ2n) is 27.5. The third kappa shape index (κ3) is 16.8. The Morgan fingerprint density at radius 2 is 1.09 bits per heavy atom. The Hall–Kier alpha value is -3.32. The minimum absolute atomic E-state index is 0.00234. The monoisotopic (exact) mass is 1160 g/mol. The van der Waals surface area contributed by atoms with Crippen LogP contribution in [0.1, 0.15) is 199 Å². The minimum Gasteiger partial charge on any atom is -0.460 e. The molecule has 4 aliphatic carbocycles. The summed E-state index contributed by atoms with van der Waals surface area (Å²) in [5.41, 5.74) is -2.57. The van der Waals surface area contributed by atoms with Gasteiger partial charge in [-0.1, -0.05) is 82.2 Å². The zero-order valence-corrected chi connectivity index (χ0v) is 52.9. The van der Waals surface area contributed by atoms with Crippen molar-refractivity contribution in [3.63, 3.8) is 0 Å². The van der Waals surface area contributed by atoms with Crippen LogP contribution >= 0.6 is 0 Å². The number of ether oxygens (including phenoxy) is 5. The summed E-state index contributed by atoms with van der Waals surface area (Å²) < 4.78 is 28.8. The lowest BCUT2D eigenvalue weighted by molar-refractivity contribution is -0.174. The van der Waals surface area contributed by atoms with Crippen LogP contribution in [0.15, 0.2) is 11.6 Å². The highest BCUT2D eigenvalue weighted by atomic mass is 16.6. The van der Waals surface area contributed by atoms with Gasteiger partial charge in [0.2, 0.25) is 0 Å². The number of carbonyl (C=O) groups is 6. The average Bonchev–Trinajstić information content (AvgIpc) is 3.65. The number of likely N-dealkylation sites (tertiary alicyclic amines) is 2. The number of aliphatic hydroxyl groups is 4. The van der Waals surface area contributed by atoms with Crippen LogP contribution in [-0.2, 0) is 52.5 Å². The number of hydrogen-bond acceptors (Lipinski definition) is 15. The first-order valence-electron chi connectivity index (χ1n) is 31.7. The quantitative estimate of drug-likeness (QED) is 0.0507. The van der Waals surface area contributed by atoms with Gasteiger partial charge in [-0.25, -0.2) is 9.59 Å². The van der Waals surface area contributed by atoms with Gasteiger partial charge in [-0.05, 0) is 193 Å². The van der Waals surface area contributed by atoms with Crippen molar-refractivity contribution in [2.45, 2.75) is 265 Å². The van der Waals surface area contributed by atoms with Gasteiger partial charge < -0.3 is 53.9 Å². The summed E-state index contributed by atoms with van der Waals surface area (Å²) in [4.78, 5) is 84.6. The summed E-state index contributed by atoms with van der Waals surface area (Å²) in [5, 5.41) is 43.5. The molecule has 6 fully saturated rings. The van der Waals surface area contributed by atoms with Crippen LogP contribution in [0.4, 0.5) is 0 Å². The number of nitrogens with zero attached hydrogens (tertiary/aromatic N) is 2. The fourth-order valence-electron chi connectivity index (χ4n) is 14.8. The van der Waals surface area contributed by atoms with Gasteiger partial charge in [-0.15, -0.1) is 0 Å². The maximum Gasteiger partial charge on any atom is 0.329 e. The van der Waals surface area contributed by atoms with Crippen molar-refractivity contribution in [1.82, 2.24) is 9.80 Å². The maximum absolute atomic E-state index is 13.7. The van der Waals surface area contributed by atoms with Gasteiger partial charge in [0.25, 0.3) is 23.4 Å². The molecule has 2 amide bonds. The largest absolute Gasteiger partial charge is 0.460 e. The standard InChI is InChI=1S/C33H55NO8.C32H55NO7/c1-19(2)24-18-33(39,22(6)16-27(24)40-7)30(36)31(37)34-14-10-9-11-25(34)32(38)42-29(20(3)4)21(5)15-23-12-13-26(35)28(17-23)41-8;1-19(2)24-13-11-22(6)32(38,18-24)29(35)30(36)33-15-9-8-10-25(33)31(37)40-28(20(3)4)21(5)16-23-12-14-26(34)27(17-23)39-7/h15,19-20,22-29,35,39H,9-14,16-18H2,1-8H3;19-28,34,38H,8-18H2,1-7H3/b21-15+;/t22-,23+,24-,25+,26-,27+,28-,29?,33+;21?,22-,23+,24-,25+,26-,27-,28?,32+/m11/s1. The molecule has 0 aromatic carbocycles. The smallest absolute Gasteiger partial charge is 0.329 e. The van der Waals surface area contributed by atoms with Crippen LogP contribution in [0.25, 0.3) is 0 Å². The van der Waals surface area contributed by atoms with Gasteiger partial charge in [0.15, 0.2) is 0 Å². The van der Waals surface area contributed by atoms with Crippen LogP contribution in [0, 0.1) is 65.1 Å². The molecule has 2 heterocycles. The minimum atomic E-state index is -1.81. The van der Waals surface area contributed by atoms with Crippen LogP contribution in [0.2, 0.25) is 0 Å². The summed E-state index contributed by atoms with van der Waals surface area (Å²) in [7, 11) is 4.89. The van der Waals surface area contributed by atoms with E-state index in [-0.39, 0.29) is 91.1 Å². The number of Topliss-reactive ketones (excluding diaryl/α,β-unsaturated/α-hetero) is 2. The SMILES string of the molecule is CO[C@@H]1C[C@H](CC(C)C(OC(=O)[C@@H]2CCCCN2C(=O)C(=O)[C@]2(O)C[C@H](C(C)C)CC[C@H]2C)C(C)C)CC[C@H]1O.CO[C@H]1C[C@@H](C)[C@](O)(C(=O)C(=O)N2CCCC[C@H]2C(=O)OC(/C(C)=C/[C@@H]2CC[C@@H](O)[C@H](OC)C2)C(C)C)C[C@@H]1C(C)C. The first-order valence-corrected chi connectivity index (χ1v) is 31.7. The third-order valence-electron chi connectivity index (χ3n) is 20.4. The predicted octanol–water partition coefficient (Wildman–Crippen LogP) is 8.60. The topological polar surface area (TPSA) is 236 Å². The highest BCUT2D eigenvalue weighted by molar-refractivity contribution is 6.40. The molecule has 18 atom stereocenters. The normalized spacial score (nSPS) is 35.1. The number of rotatable bonds is 20. The summed E-state index contributed by atoms with van der Waals surface area (Å²) in [6.07, 6.45) is 11.7. The zero-order valence-electron chi connectivity index (χ0n) is 52.9. The predicted molar refractivity (Wildman–Crippen MR) is 313 cm³/mol. The van der Waals surface area contributed by atoms with E-state index in [9.17, 15) is 49.2 Å². The fourth-order valence-corrected chi connectivity index (χ4v) is 14.8. The van der Waals surface area contributed by atoms with Gasteiger partial charge in [0.05, 0.1) is 30.5 Å². The van der Waals surface area contributed by atoms with Crippen molar-refractivity contribution in [3.8, 4) is 0 Å². The van der Waals surface area contributed by atoms with Crippen molar-refractivity contribution < 1.29 is 72.9 Å². The summed E-state index contributed by atoms with van der Waals surface area (Å²) >= 11 is 0. The first kappa shape index (κ1) is 69.5. The Labute approximate surface area is 492 Å². The van der Waals surface area contributed by atoms with Gasteiger partial charge >= 0.3 is 11.9 Å². The molecule has 0 aromatic heterocycles. The lowest BCUT2D eigenvalue weighted by Gasteiger charge is -2.46. The number of esters is 2. The molecule has 6 aliphatic rings. The number of ketones is 2. The molecule has 470 valence electrons. The van der Waals surface area contributed by atoms with E-state index in [1.165, 1.54) is 9.80 Å². The second kappa shape index (κ2) is 30.8. The number of aliphatic hydroxyl groups excluding tert-OH is 2. The van der Waals surface area contributed by atoms with Crippen LogP contribution in [-0.4, -0.2) is 166 Å². The Bertz CT molecular complexity index is 2150. The molecule has 0 bridgehead atoms. The highest BCUT2D eigenvalue weighted by Gasteiger charge is 2.55. The van der Waals surface area contributed by atoms with Crippen LogP contribution in [0.3, 0.4) is 0 Å². The lowest BCUT2D eigenvalue weighted by atomic mass is 9.65. The molecule has 0 radical (unpaired) electrons. The molecule has 17 nitrogen and oxygen atoms in total. The third-order valence-corrected chi connectivity index (χ3v) is 20.4. The van der Waals surface area contributed by atoms with Gasteiger partial charge in [-0.3, -0.25) is 19.2 Å². The summed E-state index contributed by atoms with van der Waals surface area (Å²) in [6, 6.07) is -1.69. The molecule has 3 unspecified atom stereocenters. The molecule has 2 saturated heterocycles. The lowest BCUT2D eigenvalue weighted by Crippen LogP contribution is -2.61. The Kier molecular flexibility index (Phi) is 26.1. The molecule has 0 aromatic rings. The summed E-state index contributed by atoms with van der Waals surface area (Å²) in [5.74, 6) is -3.55. The van der Waals surface area contributed by atoms with E-state index in [0.717, 1.165) is 50.5 Å². The van der Waals surface area contributed by atoms with E-state index in [4.69, 9.17) is 23.7 Å². The van der Waals surface area contributed by atoms with Gasteiger partial charge in [-0.2, -0.15) is 0 Å². The van der Waals surface area contributed by atoms with E-state index in [1.54, 1.807) is 28.3 Å². The number of hydrogen-bond donors (Lipinski definition) is 4. The number of allylic oxidation sites excluding steroid dienone is 1. The van der Waals surface area contributed by atoms with E-state index in [1.807, 2.05) is 55.4 Å². The average molecular weight is 1160 g/mol. The summed E-state index contributed by atoms with van der Waals surface area (Å²) in [6.45, 7) is 24.6. The second-order valence-corrected chi connectivity index (χ2v) is 27.5. The number of methoxy groups -OCH3 is 3. The molecule has 0 spiro atoms. The van der Waals surface area contributed by atoms with Crippen molar-refractivity contribution in [2.24, 2.45) is 65.1 Å². The number of carbonyl (C=O) groups excluding carboxylic acids is 6. The van der Waals surface area contributed by atoms with Crippen molar-refractivity contribution >= 4 is 35.3 Å². The first-order chi connectivity index (χ1) is 38.5. The maximum atomic E-state index is 13.7. The Morgan fingerprint density at radius 1 is 0.573 bits per heavy atom. The fraction of sp³-hybridized carbons (Fsp3) is 0.877. The molecular formula is C65H110N2O15. The molecule has 4 N–H and O–H groups in total. The van der Waals surface area contributed by atoms with E-state index in [2.05, 4.69) is 26.8 Å².